The van der Waals surface area contributed by atoms with Gasteiger partial charge in [-0.1, -0.05) is 24.3 Å². The van der Waals surface area contributed by atoms with Crippen molar-refractivity contribution in [3.05, 3.63) is 89.0 Å². The topological polar surface area (TPSA) is 120 Å². The molecule has 0 aliphatic rings. The second-order valence-corrected chi connectivity index (χ2v) is 6.49. The van der Waals surface area contributed by atoms with Crippen LogP contribution >= 0.6 is 0 Å². The van der Waals surface area contributed by atoms with Crippen LogP contribution < -0.4 is 5.32 Å². The highest BCUT2D eigenvalue weighted by atomic mass is 16.6. The van der Waals surface area contributed by atoms with Crippen molar-refractivity contribution in [2.75, 3.05) is 5.32 Å². The fourth-order valence-corrected chi connectivity index (χ4v) is 2.96. The molecule has 148 valence electrons. The van der Waals surface area contributed by atoms with Gasteiger partial charge in [0.05, 0.1) is 4.92 Å². The summed E-state index contributed by atoms with van der Waals surface area (Å²) in [5.74, 6) is -0.325. The molecule has 0 aromatic heterocycles. The Labute approximate surface area is 170 Å². The molecule has 3 N–H and O–H groups in total. The van der Waals surface area contributed by atoms with Gasteiger partial charge in [-0.2, -0.15) is 0 Å². The Morgan fingerprint density at radius 3 is 2.33 bits per heavy atom. The van der Waals surface area contributed by atoms with Crippen molar-refractivity contribution in [2.24, 2.45) is 10.2 Å². The predicted octanol–water partition coefficient (Wildman–Crippen LogP) is 6.32. The number of aromatic hydroxyl groups is 2. The summed E-state index contributed by atoms with van der Waals surface area (Å²) in [6, 6.07) is 22.0. The van der Waals surface area contributed by atoms with Crippen LogP contribution in [0, 0.1) is 10.1 Å². The highest BCUT2D eigenvalue weighted by Gasteiger charge is 2.11. The standard InChI is InChI=1S/C22H16N4O4/c27-21-11-8-17(26(29)30)13-20(21)25-24-19-10-6-14-12-16(7-9-18(14)22(19)28)23-15-4-2-1-3-5-15/h1-13,23,27-28H. The van der Waals surface area contributed by atoms with Crippen LogP contribution in [0.3, 0.4) is 0 Å². The summed E-state index contributed by atoms with van der Waals surface area (Å²) in [6.07, 6.45) is 0. The SMILES string of the molecule is O=[N+]([O-])c1ccc(O)c(N=Nc2ccc3cc(Nc4ccccc4)ccc3c2O)c1. The summed E-state index contributed by atoms with van der Waals surface area (Å²) < 4.78 is 0. The van der Waals surface area contributed by atoms with Crippen LogP contribution in [0.1, 0.15) is 0 Å². The maximum Gasteiger partial charge on any atom is 0.271 e. The van der Waals surface area contributed by atoms with E-state index >= 15 is 0 Å². The molecule has 0 spiro atoms. The molecule has 0 radical (unpaired) electrons. The number of hydrogen-bond donors (Lipinski definition) is 3. The Morgan fingerprint density at radius 1 is 0.800 bits per heavy atom. The number of nitrogens with zero attached hydrogens (tertiary/aromatic N) is 3. The lowest BCUT2D eigenvalue weighted by Crippen LogP contribution is -1.89. The van der Waals surface area contributed by atoms with Crippen LogP contribution in [-0.4, -0.2) is 15.1 Å². The first-order valence-electron chi connectivity index (χ1n) is 8.98. The van der Waals surface area contributed by atoms with Gasteiger partial charge in [0.25, 0.3) is 5.69 Å². The van der Waals surface area contributed by atoms with E-state index in [-0.39, 0.29) is 28.6 Å². The first kappa shape index (κ1) is 18.9. The Bertz CT molecular complexity index is 1270. The van der Waals surface area contributed by atoms with Gasteiger partial charge in [-0.25, -0.2) is 0 Å². The third-order valence-corrected chi connectivity index (χ3v) is 4.47. The lowest BCUT2D eigenvalue weighted by molar-refractivity contribution is -0.384. The molecule has 4 aromatic rings. The molecule has 0 amide bonds. The molecule has 0 bridgehead atoms. The molecule has 4 aromatic carbocycles. The van der Waals surface area contributed by atoms with Crippen molar-refractivity contribution in [2.45, 2.75) is 0 Å². The second kappa shape index (κ2) is 7.88. The summed E-state index contributed by atoms with van der Waals surface area (Å²) >= 11 is 0. The molecule has 4 rings (SSSR count). The molecule has 0 saturated heterocycles. The van der Waals surface area contributed by atoms with E-state index < -0.39 is 4.92 Å². The molecular formula is C22H16N4O4. The molecule has 0 aliphatic heterocycles. The summed E-state index contributed by atoms with van der Waals surface area (Å²) in [5, 5.41) is 43.8. The number of phenols is 2. The zero-order chi connectivity index (χ0) is 21.1. The number of hydrogen-bond acceptors (Lipinski definition) is 7. The van der Waals surface area contributed by atoms with E-state index in [9.17, 15) is 20.3 Å². The molecule has 0 fully saturated rings. The minimum absolute atomic E-state index is 0.0638. The van der Waals surface area contributed by atoms with Crippen molar-refractivity contribution in [3.8, 4) is 11.5 Å². The summed E-state index contributed by atoms with van der Waals surface area (Å²) in [4.78, 5) is 10.3. The van der Waals surface area contributed by atoms with Crippen molar-refractivity contribution in [1.82, 2.24) is 0 Å². The number of nitro groups is 1. The Balaban J connectivity index is 1.64. The largest absolute Gasteiger partial charge is 0.506 e. The molecular weight excluding hydrogens is 384 g/mol. The Morgan fingerprint density at radius 2 is 1.57 bits per heavy atom. The highest BCUT2D eigenvalue weighted by molar-refractivity contribution is 5.94. The van der Waals surface area contributed by atoms with E-state index in [1.807, 2.05) is 42.5 Å². The fourth-order valence-electron chi connectivity index (χ4n) is 2.96. The van der Waals surface area contributed by atoms with Crippen LogP contribution in [-0.2, 0) is 0 Å². The average molecular weight is 400 g/mol. The number of nitro benzene ring substituents is 1. The van der Waals surface area contributed by atoms with Crippen molar-refractivity contribution in [3.63, 3.8) is 0 Å². The van der Waals surface area contributed by atoms with Crippen molar-refractivity contribution < 1.29 is 15.1 Å². The molecule has 0 heterocycles. The molecule has 0 unspecified atom stereocenters. The van der Waals surface area contributed by atoms with Gasteiger partial charge in [0.1, 0.15) is 17.1 Å². The number of rotatable bonds is 5. The summed E-state index contributed by atoms with van der Waals surface area (Å²) in [6.45, 7) is 0. The summed E-state index contributed by atoms with van der Waals surface area (Å²) in [5.41, 5.74) is 1.71. The Kier molecular flexibility index (Phi) is 4.96. The lowest BCUT2D eigenvalue weighted by atomic mass is 10.1. The van der Waals surface area contributed by atoms with Gasteiger partial charge in [-0.15, -0.1) is 10.2 Å². The molecule has 0 saturated carbocycles. The maximum absolute atomic E-state index is 10.9. The van der Waals surface area contributed by atoms with E-state index in [1.54, 1.807) is 18.2 Å². The van der Waals surface area contributed by atoms with Gasteiger partial charge >= 0.3 is 0 Å². The minimum Gasteiger partial charge on any atom is -0.506 e. The minimum atomic E-state index is -0.590. The zero-order valence-corrected chi connectivity index (χ0v) is 15.6. The van der Waals surface area contributed by atoms with Crippen LogP contribution in [0.2, 0.25) is 0 Å². The monoisotopic (exact) mass is 400 g/mol. The Hall–Kier alpha value is -4.46. The number of azo groups is 1. The fraction of sp³-hybridized carbons (Fsp3) is 0. The van der Waals surface area contributed by atoms with E-state index in [2.05, 4.69) is 15.5 Å². The predicted molar refractivity (Wildman–Crippen MR) is 114 cm³/mol. The van der Waals surface area contributed by atoms with Gasteiger partial charge in [-0.3, -0.25) is 10.1 Å². The quantitative estimate of drug-likeness (QED) is 0.206. The van der Waals surface area contributed by atoms with Gasteiger partial charge in [0, 0.05) is 28.9 Å². The van der Waals surface area contributed by atoms with E-state index in [0.717, 1.165) is 22.8 Å². The second-order valence-electron chi connectivity index (χ2n) is 6.49. The number of phenolic OH excluding ortho intramolecular Hbond substituents is 2. The van der Waals surface area contributed by atoms with Crippen molar-refractivity contribution in [1.29, 1.82) is 0 Å². The van der Waals surface area contributed by atoms with Crippen LogP contribution in [0.5, 0.6) is 11.5 Å². The van der Waals surface area contributed by atoms with Gasteiger partial charge in [0.15, 0.2) is 5.75 Å². The first-order valence-corrected chi connectivity index (χ1v) is 8.98. The van der Waals surface area contributed by atoms with Gasteiger partial charge < -0.3 is 15.5 Å². The maximum atomic E-state index is 10.9. The van der Waals surface area contributed by atoms with Crippen LogP contribution in [0.15, 0.2) is 89.1 Å². The third-order valence-electron chi connectivity index (χ3n) is 4.47. The number of benzene rings is 4. The lowest BCUT2D eigenvalue weighted by Gasteiger charge is -2.09. The number of anilines is 2. The number of para-hydroxylation sites is 1. The molecule has 8 nitrogen and oxygen atoms in total. The smallest absolute Gasteiger partial charge is 0.271 e. The normalized spacial score (nSPS) is 11.1. The van der Waals surface area contributed by atoms with E-state index in [1.165, 1.54) is 12.1 Å². The number of fused-ring (bicyclic) bond motifs is 1. The van der Waals surface area contributed by atoms with E-state index in [4.69, 9.17) is 0 Å². The number of non-ortho nitro benzene ring substituents is 1. The first-order chi connectivity index (χ1) is 14.5. The van der Waals surface area contributed by atoms with Crippen LogP contribution in [0.25, 0.3) is 10.8 Å². The van der Waals surface area contributed by atoms with Gasteiger partial charge in [0.2, 0.25) is 0 Å². The third kappa shape index (κ3) is 3.88. The average Bonchev–Trinajstić information content (AvgIpc) is 2.75. The van der Waals surface area contributed by atoms with Crippen LogP contribution in [0.4, 0.5) is 28.4 Å². The van der Waals surface area contributed by atoms with E-state index in [0.29, 0.717) is 5.39 Å². The highest BCUT2D eigenvalue weighted by Crippen LogP contribution is 2.38. The summed E-state index contributed by atoms with van der Waals surface area (Å²) in [7, 11) is 0. The zero-order valence-electron chi connectivity index (χ0n) is 15.6. The molecule has 30 heavy (non-hydrogen) atoms. The molecule has 0 aliphatic carbocycles. The molecule has 8 heteroatoms. The van der Waals surface area contributed by atoms with Gasteiger partial charge in [-0.05, 0) is 47.9 Å². The van der Waals surface area contributed by atoms with Crippen molar-refractivity contribution >= 4 is 39.2 Å². The molecule has 0 atom stereocenters. The number of nitrogens with one attached hydrogen (secondary N) is 1.